The molecule has 1 aromatic carbocycles. The molecule has 2 aromatic rings. The van der Waals surface area contributed by atoms with Crippen LogP contribution in [0, 0.1) is 0 Å². The van der Waals surface area contributed by atoms with Crippen LogP contribution in [0.4, 0.5) is 0 Å². The second-order valence-electron chi connectivity index (χ2n) is 5.58. The van der Waals surface area contributed by atoms with Crippen molar-refractivity contribution in [3.63, 3.8) is 0 Å². The number of rotatable bonds is 5. The minimum atomic E-state index is 0.275. The molecule has 1 aliphatic heterocycles. The smallest absolute Gasteiger partial charge is 0.0348 e. The van der Waals surface area contributed by atoms with Gasteiger partial charge in [-0.2, -0.15) is 0 Å². The summed E-state index contributed by atoms with van der Waals surface area (Å²) in [6.45, 7) is 3.24. The lowest BCUT2D eigenvalue weighted by Gasteiger charge is -2.15. The van der Waals surface area contributed by atoms with Crippen molar-refractivity contribution in [2.75, 3.05) is 0 Å². The Morgan fingerprint density at radius 2 is 2.15 bits per heavy atom. The van der Waals surface area contributed by atoms with Gasteiger partial charge in [0.05, 0.1) is 0 Å². The van der Waals surface area contributed by atoms with Crippen molar-refractivity contribution >= 4 is 11.8 Å². The van der Waals surface area contributed by atoms with Crippen molar-refractivity contribution in [3.05, 3.63) is 53.9 Å². The minimum absolute atomic E-state index is 0.275. The standard InChI is InChI=1S/C17H22N2S/c1-2-14(18)11-15-7-5-9-19(15)12-16-10-13-6-3-4-8-17(13)20-16/h3-9,14,16H,2,10-12,18H2,1H3. The second kappa shape index (κ2) is 6.06. The third kappa shape index (κ3) is 2.94. The van der Waals surface area contributed by atoms with Crippen molar-refractivity contribution in [1.29, 1.82) is 0 Å². The Hall–Kier alpha value is -1.19. The molecule has 0 bridgehead atoms. The molecule has 0 spiro atoms. The van der Waals surface area contributed by atoms with Crippen LogP contribution in [-0.4, -0.2) is 15.9 Å². The summed E-state index contributed by atoms with van der Waals surface area (Å²) in [5.41, 5.74) is 8.96. The first-order valence-electron chi connectivity index (χ1n) is 7.40. The van der Waals surface area contributed by atoms with Crippen LogP contribution in [0.5, 0.6) is 0 Å². The molecule has 3 rings (SSSR count). The fourth-order valence-corrected chi connectivity index (χ4v) is 4.12. The predicted molar refractivity (Wildman–Crippen MR) is 86.2 cm³/mol. The second-order valence-corrected chi connectivity index (χ2v) is 6.92. The van der Waals surface area contributed by atoms with E-state index < -0.39 is 0 Å². The molecule has 2 nitrogen and oxygen atoms in total. The summed E-state index contributed by atoms with van der Waals surface area (Å²) in [4.78, 5) is 1.46. The van der Waals surface area contributed by atoms with Crippen LogP contribution in [0.1, 0.15) is 24.6 Å². The van der Waals surface area contributed by atoms with E-state index in [1.807, 2.05) is 11.8 Å². The molecule has 20 heavy (non-hydrogen) atoms. The van der Waals surface area contributed by atoms with Crippen molar-refractivity contribution in [2.45, 2.75) is 48.9 Å². The van der Waals surface area contributed by atoms with E-state index in [0.29, 0.717) is 5.25 Å². The summed E-state index contributed by atoms with van der Waals surface area (Å²) < 4.78 is 2.39. The topological polar surface area (TPSA) is 30.9 Å². The van der Waals surface area contributed by atoms with Gasteiger partial charge in [0.1, 0.15) is 0 Å². The number of hydrogen-bond acceptors (Lipinski definition) is 2. The van der Waals surface area contributed by atoms with Gasteiger partial charge in [0.25, 0.3) is 0 Å². The number of hydrogen-bond donors (Lipinski definition) is 1. The van der Waals surface area contributed by atoms with Gasteiger partial charge in [0.2, 0.25) is 0 Å². The molecule has 0 saturated heterocycles. The van der Waals surface area contributed by atoms with Gasteiger partial charge >= 0.3 is 0 Å². The van der Waals surface area contributed by atoms with Gasteiger partial charge in [0.15, 0.2) is 0 Å². The minimum Gasteiger partial charge on any atom is -0.350 e. The SMILES string of the molecule is CCC(N)Cc1cccn1CC1Cc2ccccc2S1. The number of benzene rings is 1. The number of fused-ring (bicyclic) bond motifs is 1. The van der Waals surface area contributed by atoms with Crippen LogP contribution in [0.15, 0.2) is 47.5 Å². The van der Waals surface area contributed by atoms with Crippen LogP contribution < -0.4 is 5.73 Å². The first-order valence-corrected chi connectivity index (χ1v) is 8.28. The van der Waals surface area contributed by atoms with Crippen molar-refractivity contribution in [2.24, 2.45) is 5.73 Å². The highest BCUT2D eigenvalue weighted by atomic mass is 32.2. The zero-order chi connectivity index (χ0) is 13.9. The molecule has 0 radical (unpaired) electrons. The number of nitrogens with zero attached hydrogens (tertiary/aromatic N) is 1. The monoisotopic (exact) mass is 286 g/mol. The Kier molecular flexibility index (Phi) is 4.18. The predicted octanol–water partition coefficient (Wildman–Crippen LogP) is 3.48. The van der Waals surface area contributed by atoms with E-state index in [1.54, 1.807) is 0 Å². The fourth-order valence-electron chi connectivity index (χ4n) is 2.80. The Bertz CT molecular complexity index is 551. The lowest BCUT2D eigenvalue weighted by atomic mass is 10.1. The van der Waals surface area contributed by atoms with Crippen LogP contribution in [-0.2, 0) is 19.4 Å². The largest absolute Gasteiger partial charge is 0.350 e. The van der Waals surface area contributed by atoms with E-state index in [-0.39, 0.29) is 6.04 Å². The molecule has 0 saturated carbocycles. The van der Waals surface area contributed by atoms with Gasteiger partial charge in [-0.15, -0.1) is 11.8 Å². The zero-order valence-corrected chi connectivity index (χ0v) is 12.8. The lowest BCUT2D eigenvalue weighted by Crippen LogP contribution is -2.24. The molecule has 1 aromatic heterocycles. The molecule has 106 valence electrons. The highest BCUT2D eigenvalue weighted by Crippen LogP contribution is 2.37. The Morgan fingerprint density at radius 1 is 1.30 bits per heavy atom. The molecule has 0 amide bonds. The summed E-state index contributed by atoms with van der Waals surface area (Å²) in [7, 11) is 0. The molecule has 2 unspecified atom stereocenters. The van der Waals surface area contributed by atoms with E-state index in [9.17, 15) is 0 Å². The third-order valence-corrected chi connectivity index (χ3v) is 5.33. The maximum atomic E-state index is 6.09. The molecule has 3 heteroatoms. The molecule has 0 fully saturated rings. The average Bonchev–Trinajstić information content (AvgIpc) is 3.05. The highest BCUT2D eigenvalue weighted by Gasteiger charge is 2.22. The lowest BCUT2D eigenvalue weighted by molar-refractivity contribution is 0.583. The summed E-state index contributed by atoms with van der Waals surface area (Å²) >= 11 is 2.02. The van der Waals surface area contributed by atoms with Crippen molar-refractivity contribution < 1.29 is 0 Å². The summed E-state index contributed by atoms with van der Waals surface area (Å²) in [5, 5.41) is 0.649. The summed E-state index contributed by atoms with van der Waals surface area (Å²) in [6, 6.07) is 13.4. The Morgan fingerprint density at radius 3 is 2.95 bits per heavy atom. The molecule has 2 heterocycles. The summed E-state index contributed by atoms with van der Waals surface area (Å²) in [6.07, 6.45) is 5.39. The normalized spacial score (nSPS) is 19.0. The zero-order valence-electron chi connectivity index (χ0n) is 12.0. The van der Waals surface area contributed by atoms with E-state index in [4.69, 9.17) is 5.73 Å². The molecular formula is C17H22N2S. The van der Waals surface area contributed by atoms with Gasteiger partial charge < -0.3 is 10.3 Å². The van der Waals surface area contributed by atoms with Gasteiger partial charge in [-0.1, -0.05) is 25.1 Å². The van der Waals surface area contributed by atoms with Crippen LogP contribution >= 0.6 is 11.8 Å². The average molecular weight is 286 g/mol. The number of thioether (sulfide) groups is 1. The molecule has 1 aliphatic rings. The van der Waals surface area contributed by atoms with Crippen LogP contribution in [0.2, 0.25) is 0 Å². The van der Waals surface area contributed by atoms with E-state index in [1.165, 1.54) is 22.6 Å². The molecule has 0 aliphatic carbocycles. The molecule has 2 atom stereocenters. The van der Waals surface area contributed by atoms with Crippen LogP contribution in [0.25, 0.3) is 0 Å². The van der Waals surface area contributed by atoms with Crippen molar-refractivity contribution in [1.82, 2.24) is 4.57 Å². The molecule has 2 N–H and O–H groups in total. The van der Waals surface area contributed by atoms with Gasteiger partial charge in [-0.25, -0.2) is 0 Å². The Balaban J connectivity index is 1.67. The fraction of sp³-hybridized carbons (Fsp3) is 0.412. The van der Waals surface area contributed by atoms with E-state index in [0.717, 1.165) is 19.4 Å². The van der Waals surface area contributed by atoms with E-state index in [2.05, 4.69) is 54.1 Å². The quantitative estimate of drug-likeness (QED) is 0.912. The number of aromatic nitrogens is 1. The van der Waals surface area contributed by atoms with Crippen molar-refractivity contribution in [3.8, 4) is 0 Å². The Labute approximate surface area is 125 Å². The van der Waals surface area contributed by atoms with Gasteiger partial charge in [-0.3, -0.25) is 0 Å². The first-order chi connectivity index (χ1) is 9.76. The van der Waals surface area contributed by atoms with Gasteiger partial charge in [0, 0.05) is 41.0 Å². The number of nitrogens with two attached hydrogens (primary N) is 1. The molecular weight excluding hydrogens is 264 g/mol. The van der Waals surface area contributed by atoms with Crippen LogP contribution in [0.3, 0.4) is 0 Å². The maximum absolute atomic E-state index is 6.09. The maximum Gasteiger partial charge on any atom is 0.0348 e. The van der Waals surface area contributed by atoms with Gasteiger partial charge in [-0.05, 0) is 36.6 Å². The van der Waals surface area contributed by atoms with E-state index >= 15 is 0 Å². The summed E-state index contributed by atoms with van der Waals surface area (Å²) in [5.74, 6) is 0. The third-order valence-electron chi connectivity index (χ3n) is 4.03. The highest BCUT2D eigenvalue weighted by molar-refractivity contribution is 8.00. The first kappa shape index (κ1) is 13.8.